The van der Waals surface area contributed by atoms with Crippen molar-refractivity contribution < 1.29 is 14.6 Å². The number of thiophene rings is 1. The van der Waals surface area contributed by atoms with Crippen molar-refractivity contribution >= 4 is 38.9 Å². The number of rotatable bonds is 2. The van der Waals surface area contributed by atoms with Crippen LogP contribution in [0.3, 0.4) is 0 Å². The molecule has 1 aliphatic rings. The summed E-state index contributed by atoms with van der Waals surface area (Å²) in [6.07, 6.45) is -0.734. The summed E-state index contributed by atoms with van der Waals surface area (Å²) in [7, 11) is 0. The van der Waals surface area contributed by atoms with Crippen molar-refractivity contribution in [2.24, 2.45) is 0 Å². The van der Waals surface area contributed by atoms with Crippen LogP contribution in [-0.2, 0) is 0 Å². The molecule has 1 aromatic heterocycles. The van der Waals surface area contributed by atoms with Crippen molar-refractivity contribution in [2.75, 3.05) is 13.2 Å². The Morgan fingerprint density at radius 1 is 1.32 bits per heavy atom. The predicted octanol–water partition coefficient (Wildman–Crippen LogP) is 4.02. The largest absolute Gasteiger partial charge is 0.486 e. The van der Waals surface area contributed by atoms with E-state index in [1.807, 2.05) is 11.4 Å². The lowest BCUT2D eigenvalue weighted by molar-refractivity contribution is 0.170. The van der Waals surface area contributed by atoms with E-state index in [4.69, 9.17) is 21.1 Å². The minimum absolute atomic E-state index is 0.457. The maximum Gasteiger partial charge on any atom is 0.179 e. The van der Waals surface area contributed by atoms with Gasteiger partial charge in [-0.15, -0.1) is 11.3 Å². The van der Waals surface area contributed by atoms with Crippen LogP contribution >= 0.6 is 38.9 Å². The van der Waals surface area contributed by atoms with Gasteiger partial charge in [-0.05, 0) is 45.1 Å². The van der Waals surface area contributed by atoms with Gasteiger partial charge in [0.15, 0.2) is 11.5 Å². The fourth-order valence-electron chi connectivity index (χ4n) is 1.94. The van der Waals surface area contributed by atoms with Crippen molar-refractivity contribution in [2.45, 2.75) is 6.10 Å². The zero-order valence-electron chi connectivity index (χ0n) is 9.73. The zero-order chi connectivity index (χ0) is 13.4. The number of ether oxygens (including phenoxy) is 2. The maximum absolute atomic E-state index is 10.4. The third-order valence-electron chi connectivity index (χ3n) is 2.83. The topological polar surface area (TPSA) is 38.7 Å². The smallest absolute Gasteiger partial charge is 0.179 e. The Morgan fingerprint density at radius 3 is 2.84 bits per heavy atom. The number of benzene rings is 1. The number of hydrogen-bond acceptors (Lipinski definition) is 4. The van der Waals surface area contributed by atoms with Crippen LogP contribution in [-0.4, -0.2) is 18.3 Å². The molecule has 3 rings (SSSR count). The molecule has 1 atom stereocenters. The van der Waals surface area contributed by atoms with E-state index in [-0.39, 0.29) is 0 Å². The molecular formula is C13H10BrClO3S. The zero-order valence-corrected chi connectivity index (χ0v) is 12.9. The molecule has 0 saturated carbocycles. The highest BCUT2D eigenvalue weighted by molar-refractivity contribution is 9.10. The molecule has 19 heavy (non-hydrogen) atoms. The minimum atomic E-state index is -0.734. The van der Waals surface area contributed by atoms with Crippen LogP contribution in [0.2, 0.25) is 5.02 Å². The molecule has 0 saturated heterocycles. The average Bonchev–Trinajstić information content (AvgIpc) is 2.84. The summed E-state index contributed by atoms with van der Waals surface area (Å²) < 4.78 is 11.9. The van der Waals surface area contributed by atoms with Crippen molar-refractivity contribution in [1.29, 1.82) is 0 Å². The molecule has 3 nitrogen and oxygen atoms in total. The second-order valence-corrected chi connectivity index (χ2v) is 6.27. The standard InChI is InChI=1S/C13H10BrClO3S/c14-8-1-4-19-13(8)11(16)7-5-9(15)12-10(6-7)17-2-3-18-12/h1,4-6,11,16H,2-3H2. The molecule has 0 radical (unpaired) electrons. The Balaban J connectivity index is 2.02. The SMILES string of the molecule is OC(c1cc(Cl)c2c(c1)OCCO2)c1sccc1Br. The van der Waals surface area contributed by atoms with Gasteiger partial charge in [0.2, 0.25) is 0 Å². The maximum atomic E-state index is 10.4. The molecule has 2 heterocycles. The van der Waals surface area contributed by atoms with E-state index < -0.39 is 6.10 Å². The Hall–Kier alpha value is -0.750. The first-order valence-corrected chi connectivity index (χ1v) is 7.72. The molecule has 2 aromatic rings. The molecule has 1 aliphatic heterocycles. The van der Waals surface area contributed by atoms with E-state index in [2.05, 4.69) is 15.9 Å². The molecule has 0 bridgehead atoms. The fourth-order valence-corrected chi connectivity index (χ4v) is 3.81. The Labute approximate surface area is 127 Å². The van der Waals surface area contributed by atoms with E-state index in [1.54, 1.807) is 12.1 Å². The van der Waals surface area contributed by atoms with Gasteiger partial charge in [0, 0.05) is 4.47 Å². The lowest BCUT2D eigenvalue weighted by Gasteiger charge is -2.21. The number of hydrogen-bond donors (Lipinski definition) is 1. The lowest BCUT2D eigenvalue weighted by Crippen LogP contribution is -2.16. The summed E-state index contributed by atoms with van der Waals surface area (Å²) in [5.74, 6) is 1.13. The van der Waals surface area contributed by atoms with Gasteiger partial charge in [0.1, 0.15) is 19.3 Å². The molecule has 6 heteroatoms. The number of aliphatic hydroxyl groups excluding tert-OH is 1. The number of halogens is 2. The van der Waals surface area contributed by atoms with E-state index in [0.29, 0.717) is 35.3 Å². The van der Waals surface area contributed by atoms with Crippen LogP contribution in [0.5, 0.6) is 11.5 Å². The quantitative estimate of drug-likeness (QED) is 0.878. The molecule has 1 aromatic carbocycles. The predicted molar refractivity (Wildman–Crippen MR) is 78.5 cm³/mol. The molecule has 0 fully saturated rings. The first-order valence-electron chi connectivity index (χ1n) is 5.67. The summed E-state index contributed by atoms with van der Waals surface area (Å²) in [5.41, 5.74) is 0.692. The van der Waals surface area contributed by atoms with E-state index in [9.17, 15) is 5.11 Å². The van der Waals surface area contributed by atoms with Gasteiger partial charge in [-0.2, -0.15) is 0 Å². The Kier molecular flexibility index (Phi) is 3.71. The highest BCUT2D eigenvalue weighted by atomic mass is 79.9. The third-order valence-corrected chi connectivity index (χ3v) is 5.03. The third kappa shape index (κ3) is 2.48. The van der Waals surface area contributed by atoms with Crippen LogP contribution in [0.15, 0.2) is 28.1 Å². The van der Waals surface area contributed by atoms with Gasteiger partial charge >= 0.3 is 0 Å². The molecule has 1 N–H and O–H groups in total. The van der Waals surface area contributed by atoms with Crippen LogP contribution in [0, 0.1) is 0 Å². The normalized spacial score (nSPS) is 15.3. The van der Waals surface area contributed by atoms with E-state index in [0.717, 1.165) is 9.35 Å². The van der Waals surface area contributed by atoms with Gasteiger partial charge in [0.25, 0.3) is 0 Å². The monoisotopic (exact) mass is 360 g/mol. The molecule has 0 amide bonds. The number of fused-ring (bicyclic) bond motifs is 1. The van der Waals surface area contributed by atoms with Crippen LogP contribution in [0.1, 0.15) is 16.5 Å². The van der Waals surface area contributed by atoms with Crippen LogP contribution < -0.4 is 9.47 Å². The second kappa shape index (κ2) is 5.32. The summed E-state index contributed by atoms with van der Waals surface area (Å²) in [6, 6.07) is 5.39. The fraction of sp³-hybridized carbons (Fsp3) is 0.231. The molecule has 1 unspecified atom stereocenters. The van der Waals surface area contributed by atoms with Crippen LogP contribution in [0.25, 0.3) is 0 Å². The highest BCUT2D eigenvalue weighted by Gasteiger charge is 2.21. The molecule has 0 spiro atoms. The van der Waals surface area contributed by atoms with Crippen molar-refractivity contribution in [3.63, 3.8) is 0 Å². The van der Waals surface area contributed by atoms with Gasteiger partial charge in [-0.3, -0.25) is 0 Å². The lowest BCUT2D eigenvalue weighted by atomic mass is 10.1. The van der Waals surface area contributed by atoms with Crippen LogP contribution in [0.4, 0.5) is 0 Å². The van der Waals surface area contributed by atoms with Crippen molar-refractivity contribution in [3.8, 4) is 11.5 Å². The van der Waals surface area contributed by atoms with Crippen molar-refractivity contribution in [1.82, 2.24) is 0 Å². The van der Waals surface area contributed by atoms with Gasteiger partial charge in [0.05, 0.1) is 9.90 Å². The summed E-state index contributed by atoms with van der Waals surface area (Å²) in [6.45, 7) is 0.983. The summed E-state index contributed by atoms with van der Waals surface area (Å²) in [4.78, 5) is 0.841. The molecule has 0 aliphatic carbocycles. The van der Waals surface area contributed by atoms with Gasteiger partial charge < -0.3 is 14.6 Å². The molecular weight excluding hydrogens is 352 g/mol. The number of aliphatic hydroxyl groups is 1. The van der Waals surface area contributed by atoms with Crippen molar-refractivity contribution in [3.05, 3.63) is 43.5 Å². The highest BCUT2D eigenvalue weighted by Crippen LogP contribution is 2.42. The first-order chi connectivity index (χ1) is 9.16. The van der Waals surface area contributed by atoms with Gasteiger partial charge in [-0.25, -0.2) is 0 Å². The minimum Gasteiger partial charge on any atom is -0.486 e. The Bertz CT molecular complexity index is 614. The van der Waals surface area contributed by atoms with E-state index >= 15 is 0 Å². The first kappa shape index (κ1) is 13.2. The molecule has 100 valence electrons. The Morgan fingerprint density at radius 2 is 2.11 bits per heavy atom. The summed E-state index contributed by atoms with van der Waals surface area (Å²) >= 11 is 11.1. The van der Waals surface area contributed by atoms with E-state index in [1.165, 1.54) is 11.3 Å². The summed E-state index contributed by atoms with van der Waals surface area (Å²) in [5, 5.41) is 12.8. The average molecular weight is 362 g/mol. The van der Waals surface area contributed by atoms with Gasteiger partial charge in [-0.1, -0.05) is 11.6 Å². The second-order valence-electron chi connectivity index (χ2n) is 4.06.